The highest BCUT2D eigenvalue weighted by molar-refractivity contribution is 7.93. The van der Waals surface area contributed by atoms with Crippen molar-refractivity contribution in [1.29, 1.82) is 0 Å². The van der Waals surface area contributed by atoms with Crippen LogP contribution in [0.4, 0.5) is 5.69 Å². The first kappa shape index (κ1) is 26.2. The van der Waals surface area contributed by atoms with Crippen molar-refractivity contribution in [2.24, 2.45) is 7.05 Å². The molecule has 10 heteroatoms. The first-order valence-electron chi connectivity index (χ1n) is 11.5. The van der Waals surface area contributed by atoms with Gasteiger partial charge in [-0.3, -0.25) is 18.6 Å². The molecule has 1 atom stereocenters. The van der Waals surface area contributed by atoms with Crippen LogP contribution in [0.25, 0.3) is 5.69 Å². The molecule has 1 aromatic heterocycles. The number of halogens is 1. The molecule has 0 aliphatic rings. The Kier molecular flexibility index (Phi) is 7.29. The topological polar surface area (TPSA) is 93.4 Å². The Hall–Kier alpha value is -3.82. The van der Waals surface area contributed by atoms with Gasteiger partial charge in [0.05, 0.1) is 22.4 Å². The zero-order chi connectivity index (χ0) is 26.9. The van der Waals surface area contributed by atoms with E-state index in [-0.39, 0.29) is 27.2 Å². The molecule has 0 aliphatic heterocycles. The van der Waals surface area contributed by atoms with Gasteiger partial charge in [-0.1, -0.05) is 60.1 Å². The summed E-state index contributed by atoms with van der Waals surface area (Å²) in [5.41, 5.74) is 1.56. The van der Waals surface area contributed by atoms with Crippen LogP contribution in [0, 0.1) is 6.92 Å². The smallest absolute Gasteiger partial charge is 0.296 e. The summed E-state index contributed by atoms with van der Waals surface area (Å²) in [6, 6.07) is 22.1. The molecule has 0 saturated heterocycles. The number of carbonyl (C=O) groups excluding carboxylic acids is 1. The summed E-state index contributed by atoms with van der Waals surface area (Å²) < 4.78 is 31.3. The van der Waals surface area contributed by atoms with Gasteiger partial charge in [0.2, 0.25) is 0 Å². The maximum atomic E-state index is 13.7. The number of benzene rings is 3. The van der Waals surface area contributed by atoms with Crippen LogP contribution in [-0.2, 0) is 17.1 Å². The predicted molar refractivity (Wildman–Crippen MR) is 145 cm³/mol. The molecule has 0 unspecified atom stereocenters. The minimum atomic E-state index is -4.30. The normalized spacial score (nSPS) is 12.2. The lowest BCUT2D eigenvalue weighted by molar-refractivity contribution is 0.0939. The van der Waals surface area contributed by atoms with Crippen molar-refractivity contribution in [2.75, 3.05) is 11.4 Å². The van der Waals surface area contributed by atoms with Gasteiger partial charge in [0.25, 0.3) is 21.5 Å². The molecular weight excluding hydrogens is 512 g/mol. The molecular formula is C27H27ClN4O4S. The largest absolute Gasteiger partial charge is 0.346 e. The first-order chi connectivity index (χ1) is 17.5. The van der Waals surface area contributed by atoms with E-state index in [4.69, 9.17) is 11.6 Å². The summed E-state index contributed by atoms with van der Waals surface area (Å²) in [6.07, 6.45) is 0. The van der Waals surface area contributed by atoms with Crippen LogP contribution in [0.1, 0.15) is 34.6 Å². The lowest BCUT2D eigenvalue weighted by Gasteiger charge is -2.20. The molecule has 0 saturated carbocycles. The third-order valence-corrected chi connectivity index (χ3v) is 8.56. The van der Waals surface area contributed by atoms with Crippen LogP contribution < -0.4 is 15.2 Å². The summed E-state index contributed by atoms with van der Waals surface area (Å²) in [6.45, 7) is 3.50. The highest BCUT2D eigenvalue weighted by Gasteiger charge is 2.31. The number of hydrogen-bond acceptors (Lipinski definition) is 4. The van der Waals surface area contributed by atoms with E-state index in [1.165, 1.54) is 29.9 Å². The van der Waals surface area contributed by atoms with Crippen molar-refractivity contribution in [3.8, 4) is 5.69 Å². The Bertz CT molecular complexity index is 1610. The van der Waals surface area contributed by atoms with Crippen molar-refractivity contribution < 1.29 is 13.2 Å². The number of nitrogens with zero attached hydrogens (tertiary/aromatic N) is 3. The minimum Gasteiger partial charge on any atom is -0.346 e. The van der Waals surface area contributed by atoms with E-state index in [0.717, 1.165) is 9.87 Å². The monoisotopic (exact) mass is 538 g/mol. The molecule has 1 amide bonds. The van der Waals surface area contributed by atoms with Crippen LogP contribution >= 0.6 is 11.6 Å². The molecule has 1 N–H and O–H groups in total. The molecule has 0 spiro atoms. The third-order valence-electron chi connectivity index (χ3n) is 6.32. The van der Waals surface area contributed by atoms with E-state index in [2.05, 4.69) is 5.32 Å². The number of sulfonamides is 1. The quantitative estimate of drug-likeness (QED) is 0.376. The SMILES string of the molecule is Cc1c(N(C)S(=O)(=O)c2cc(C(=O)N[C@H](C)c3ccccc3)ccc2Cl)c(=O)n(-c2ccccc2)n1C. The molecule has 0 fully saturated rings. The number of hydrogen-bond donors (Lipinski definition) is 1. The van der Waals surface area contributed by atoms with E-state index in [1.54, 1.807) is 42.9 Å². The highest BCUT2D eigenvalue weighted by Crippen LogP contribution is 2.29. The fourth-order valence-electron chi connectivity index (χ4n) is 4.13. The number of carbonyl (C=O) groups is 1. The second kappa shape index (κ2) is 10.3. The van der Waals surface area contributed by atoms with Gasteiger partial charge in [-0.2, -0.15) is 0 Å². The molecule has 0 radical (unpaired) electrons. The van der Waals surface area contributed by atoms with Gasteiger partial charge in [-0.05, 0) is 49.7 Å². The predicted octanol–water partition coefficient (Wildman–Crippen LogP) is 4.45. The molecule has 4 rings (SSSR count). The Morgan fingerprint density at radius 1 is 1.00 bits per heavy atom. The average Bonchev–Trinajstić information content (AvgIpc) is 3.11. The molecule has 37 heavy (non-hydrogen) atoms. The number of nitrogens with one attached hydrogen (secondary N) is 1. The second-order valence-electron chi connectivity index (χ2n) is 8.63. The number of aromatic nitrogens is 2. The zero-order valence-corrected chi connectivity index (χ0v) is 22.4. The van der Waals surface area contributed by atoms with Gasteiger partial charge >= 0.3 is 0 Å². The lowest BCUT2D eigenvalue weighted by Crippen LogP contribution is -2.32. The van der Waals surface area contributed by atoms with Crippen molar-refractivity contribution in [3.63, 3.8) is 0 Å². The average molecular weight is 539 g/mol. The van der Waals surface area contributed by atoms with Crippen LogP contribution in [0.2, 0.25) is 5.02 Å². The van der Waals surface area contributed by atoms with E-state index in [9.17, 15) is 18.0 Å². The van der Waals surface area contributed by atoms with Gasteiger partial charge in [0.15, 0.2) is 0 Å². The van der Waals surface area contributed by atoms with Crippen molar-refractivity contribution in [1.82, 2.24) is 14.7 Å². The van der Waals surface area contributed by atoms with Crippen LogP contribution in [0.5, 0.6) is 0 Å². The zero-order valence-electron chi connectivity index (χ0n) is 20.8. The maximum Gasteiger partial charge on any atom is 0.296 e. The Balaban J connectivity index is 1.70. The third kappa shape index (κ3) is 4.92. The van der Waals surface area contributed by atoms with Crippen LogP contribution in [0.3, 0.4) is 0 Å². The van der Waals surface area contributed by atoms with Crippen molar-refractivity contribution in [2.45, 2.75) is 24.8 Å². The second-order valence-corrected chi connectivity index (χ2v) is 11.0. The molecule has 0 aliphatic carbocycles. The van der Waals surface area contributed by atoms with Crippen molar-refractivity contribution >= 4 is 33.2 Å². The van der Waals surface area contributed by atoms with Gasteiger partial charge in [-0.25, -0.2) is 13.1 Å². The fraction of sp³-hybridized carbons (Fsp3) is 0.185. The molecule has 3 aromatic carbocycles. The fourth-order valence-corrected chi connectivity index (χ4v) is 5.88. The Morgan fingerprint density at radius 2 is 1.59 bits per heavy atom. The summed E-state index contributed by atoms with van der Waals surface area (Å²) in [5.74, 6) is -0.450. The number of anilines is 1. The Morgan fingerprint density at radius 3 is 2.22 bits per heavy atom. The lowest BCUT2D eigenvalue weighted by atomic mass is 10.1. The Labute approximate surface area is 220 Å². The highest BCUT2D eigenvalue weighted by atomic mass is 35.5. The van der Waals surface area contributed by atoms with Crippen LogP contribution in [-0.4, -0.2) is 30.7 Å². The van der Waals surface area contributed by atoms with Gasteiger partial charge < -0.3 is 5.32 Å². The van der Waals surface area contributed by atoms with Crippen LogP contribution in [0.15, 0.2) is 88.6 Å². The molecule has 192 valence electrons. The van der Waals surface area contributed by atoms with E-state index in [1.807, 2.05) is 43.3 Å². The first-order valence-corrected chi connectivity index (χ1v) is 13.3. The van der Waals surface area contributed by atoms with E-state index >= 15 is 0 Å². The number of amides is 1. The van der Waals surface area contributed by atoms with Gasteiger partial charge in [0.1, 0.15) is 10.6 Å². The maximum absolute atomic E-state index is 13.7. The van der Waals surface area contributed by atoms with E-state index in [0.29, 0.717) is 11.4 Å². The minimum absolute atomic E-state index is 0.0185. The summed E-state index contributed by atoms with van der Waals surface area (Å²) >= 11 is 6.30. The number of para-hydroxylation sites is 1. The summed E-state index contributed by atoms with van der Waals surface area (Å²) in [4.78, 5) is 26.1. The molecule has 4 aromatic rings. The van der Waals surface area contributed by atoms with Gasteiger partial charge in [-0.15, -0.1) is 0 Å². The number of rotatable bonds is 7. The standard InChI is InChI=1S/C27H27ClN4O4S/c1-18(20-11-7-5-8-12-20)29-26(33)21-15-16-23(28)24(17-21)37(35,36)31(4)25-19(2)30(3)32(27(25)34)22-13-9-6-10-14-22/h5-18H,1-4H3,(H,29,33)/t18-/m1/s1. The summed E-state index contributed by atoms with van der Waals surface area (Å²) in [7, 11) is -1.31. The van der Waals surface area contributed by atoms with E-state index < -0.39 is 21.5 Å². The molecule has 1 heterocycles. The van der Waals surface area contributed by atoms with Gasteiger partial charge in [0, 0.05) is 19.7 Å². The summed E-state index contributed by atoms with van der Waals surface area (Å²) in [5, 5.41) is 2.81. The molecule has 8 nitrogen and oxygen atoms in total. The van der Waals surface area contributed by atoms with Crippen molar-refractivity contribution in [3.05, 3.63) is 111 Å². The molecule has 0 bridgehead atoms.